The lowest BCUT2D eigenvalue weighted by molar-refractivity contribution is -0.158. The highest BCUT2D eigenvalue weighted by atomic mass is 16.7. The smallest absolute Gasteiger partial charge is 0.163 e. The van der Waals surface area contributed by atoms with E-state index in [4.69, 9.17) is 9.47 Å². The third kappa shape index (κ3) is 1.97. The summed E-state index contributed by atoms with van der Waals surface area (Å²) in [5.74, 6) is 0.398. The molecular formula is C12H16O2. The number of ether oxygens (including phenoxy) is 2. The average Bonchev–Trinajstić information content (AvgIpc) is 2.30. The molecule has 0 aromatic heterocycles. The first kappa shape index (κ1) is 9.69. The topological polar surface area (TPSA) is 18.5 Å². The van der Waals surface area contributed by atoms with E-state index in [2.05, 4.69) is 24.3 Å². The van der Waals surface area contributed by atoms with E-state index >= 15 is 0 Å². The van der Waals surface area contributed by atoms with Crippen molar-refractivity contribution < 1.29 is 9.47 Å². The quantitative estimate of drug-likeness (QED) is 0.717. The minimum atomic E-state index is -0.0638. The molecule has 2 rings (SSSR count). The summed E-state index contributed by atoms with van der Waals surface area (Å²) in [7, 11) is 1.71. The Morgan fingerprint density at radius 2 is 2.07 bits per heavy atom. The Kier molecular flexibility index (Phi) is 3.17. The third-order valence-electron chi connectivity index (χ3n) is 2.73. The van der Waals surface area contributed by atoms with E-state index in [1.54, 1.807) is 7.11 Å². The molecule has 0 amide bonds. The SMILES string of the molecule is CO[C@H]1OCCC[C@@H]1c1ccccc1. The van der Waals surface area contributed by atoms with Gasteiger partial charge in [-0.25, -0.2) is 0 Å². The fourth-order valence-corrected chi connectivity index (χ4v) is 2.01. The van der Waals surface area contributed by atoms with Crippen LogP contribution in [0.1, 0.15) is 24.3 Å². The summed E-state index contributed by atoms with van der Waals surface area (Å²) in [5.41, 5.74) is 1.32. The van der Waals surface area contributed by atoms with E-state index in [9.17, 15) is 0 Å². The van der Waals surface area contributed by atoms with Crippen molar-refractivity contribution in [2.24, 2.45) is 0 Å². The Hall–Kier alpha value is -0.860. The summed E-state index contributed by atoms with van der Waals surface area (Å²) >= 11 is 0. The number of hydrogen-bond acceptors (Lipinski definition) is 2. The van der Waals surface area contributed by atoms with Gasteiger partial charge in [-0.15, -0.1) is 0 Å². The molecule has 2 nitrogen and oxygen atoms in total. The number of hydrogen-bond donors (Lipinski definition) is 0. The van der Waals surface area contributed by atoms with Crippen LogP contribution in [0.15, 0.2) is 30.3 Å². The normalized spacial score (nSPS) is 27.5. The Balaban J connectivity index is 2.15. The summed E-state index contributed by atoms with van der Waals surface area (Å²) in [6.07, 6.45) is 2.22. The van der Waals surface area contributed by atoms with Crippen molar-refractivity contribution in [3.63, 3.8) is 0 Å². The summed E-state index contributed by atoms with van der Waals surface area (Å²) in [4.78, 5) is 0. The molecule has 14 heavy (non-hydrogen) atoms. The minimum absolute atomic E-state index is 0.0638. The Labute approximate surface area is 84.8 Å². The Morgan fingerprint density at radius 1 is 1.29 bits per heavy atom. The van der Waals surface area contributed by atoms with Crippen molar-refractivity contribution in [3.05, 3.63) is 35.9 Å². The largest absolute Gasteiger partial charge is 0.355 e. The van der Waals surface area contributed by atoms with Crippen LogP contribution in [0.4, 0.5) is 0 Å². The van der Waals surface area contributed by atoms with Gasteiger partial charge in [0.2, 0.25) is 0 Å². The van der Waals surface area contributed by atoms with Crippen LogP contribution in [0, 0.1) is 0 Å². The van der Waals surface area contributed by atoms with Crippen molar-refractivity contribution >= 4 is 0 Å². The molecule has 0 spiro atoms. The van der Waals surface area contributed by atoms with E-state index in [0.717, 1.165) is 19.4 Å². The van der Waals surface area contributed by atoms with Gasteiger partial charge in [-0.1, -0.05) is 30.3 Å². The standard InChI is InChI=1S/C12H16O2/c1-13-12-11(8-5-9-14-12)10-6-3-2-4-7-10/h2-4,6-7,11-12H,5,8-9H2,1H3/t11-,12+/m1/s1. The lowest BCUT2D eigenvalue weighted by Gasteiger charge is -2.30. The van der Waals surface area contributed by atoms with Crippen molar-refractivity contribution in [3.8, 4) is 0 Å². The Bertz CT molecular complexity index is 271. The molecule has 0 N–H and O–H groups in total. The zero-order valence-corrected chi connectivity index (χ0v) is 8.48. The number of methoxy groups -OCH3 is 1. The van der Waals surface area contributed by atoms with Crippen LogP contribution < -0.4 is 0 Å². The number of benzene rings is 1. The van der Waals surface area contributed by atoms with E-state index < -0.39 is 0 Å². The molecule has 1 aliphatic rings. The van der Waals surface area contributed by atoms with Gasteiger partial charge in [0.25, 0.3) is 0 Å². The first-order valence-electron chi connectivity index (χ1n) is 5.11. The second kappa shape index (κ2) is 4.58. The number of rotatable bonds is 2. The maximum atomic E-state index is 5.57. The van der Waals surface area contributed by atoms with Crippen molar-refractivity contribution in [1.29, 1.82) is 0 Å². The molecule has 2 heteroatoms. The van der Waals surface area contributed by atoms with Gasteiger partial charge in [0.15, 0.2) is 6.29 Å². The van der Waals surface area contributed by atoms with Crippen LogP contribution >= 0.6 is 0 Å². The fourth-order valence-electron chi connectivity index (χ4n) is 2.01. The van der Waals surface area contributed by atoms with Crippen LogP contribution in [0.5, 0.6) is 0 Å². The second-order valence-corrected chi connectivity index (χ2v) is 3.63. The monoisotopic (exact) mass is 192 g/mol. The molecule has 0 radical (unpaired) electrons. The molecule has 1 aromatic carbocycles. The van der Waals surface area contributed by atoms with Crippen molar-refractivity contribution in [2.45, 2.75) is 25.0 Å². The summed E-state index contributed by atoms with van der Waals surface area (Å²) in [5, 5.41) is 0. The molecule has 1 fully saturated rings. The van der Waals surface area contributed by atoms with E-state index in [1.165, 1.54) is 5.56 Å². The molecule has 1 aliphatic heterocycles. The maximum absolute atomic E-state index is 5.57. The summed E-state index contributed by atoms with van der Waals surface area (Å²) in [6, 6.07) is 10.5. The highest BCUT2D eigenvalue weighted by Crippen LogP contribution is 2.30. The van der Waals surface area contributed by atoms with Gasteiger partial charge in [-0.2, -0.15) is 0 Å². The molecule has 0 aliphatic carbocycles. The first-order valence-corrected chi connectivity index (χ1v) is 5.11. The van der Waals surface area contributed by atoms with Crippen LogP contribution in [0.3, 0.4) is 0 Å². The van der Waals surface area contributed by atoms with Crippen LogP contribution in [-0.2, 0) is 9.47 Å². The van der Waals surface area contributed by atoms with Gasteiger partial charge < -0.3 is 9.47 Å². The van der Waals surface area contributed by atoms with E-state index in [-0.39, 0.29) is 6.29 Å². The highest BCUT2D eigenvalue weighted by Gasteiger charge is 2.26. The summed E-state index contributed by atoms with van der Waals surface area (Å²) < 4.78 is 10.9. The predicted molar refractivity (Wildman–Crippen MR) is 55.2 cm³/mol. The summed E-state index contributed by atoms with van der Waals surface area (Å²) in [6.45, 7) is 0.821. The van der Waals surface area contributed by atoms with Crippen molar-refractivity contribution in [1.82, 2.24) is 0 Å². The van der Waals surface area contributed by atoms with Gasteiger partial charge in [-0.3, -0.25) is 0 Å². The lowest BCUT2D eigenvalue weighted by atomic mass is 9.92. The van der Waals surface area contributed by atoms with Gasteiger partial charge in [0.1, 0.15) is 0 Å². The molecule has 0 unspecified atom stereocenters. The van der Waals surface area contributed by atoms with Crippen LogP contribution in [-0.4, -0.2) is 20.0 Å². The van der Waals surface area contributed by atoms with Crippen LogP contribution in [0.2, 0.25) is 0 Å². The van der Waals surface area contributed by atoms with Crippen LogP contribution in [0.25, 0.3) is 0 Å². The zero-order valence-electron chi connectivity index (χ0n) is 8.48. The lowest BCUT2D eigenvalue weighted by Crippen LogP contribution is -2.29. The van der Waals surface area contributed by atoms with Gasteiger partial charge >= 0.3 is 0 Å². The zero-order chi connectivity index (χ0) is 9.80. The van der Waals surface area contributed by atoms with E-state index in [0.29, 0.717) is 5.92 Å². The van der Waals surface area contributed by atoms with Gasteiger partial charge in [0, 0.05) is 19.6 Å². The molecule has 1 saturated heterocycles. The third-order valence-corrected chi connectivity index (χ3v) is 2.73. The second-order valence-electron chi connectivity index (χ2n) is 3.63. The minimum Gasteiger partial charge on any atom is -0.355 e. The molecule has 0 bridgehead atoms. The molecular weight excluding hydrogens is 176 g/mol. The molecule has 2 atom stereocenters. The first-order chi connectivity index (χ1) is 6.92. The fraction of sp³-hybridized carbons (Fsp3) is 0.500. The van der Waals surface area contributed by atoms with Gasteiger partial charge in [0.05, 0.1) is 0 Å². The van der Waals surface area contributed by atoms with Crippen molar-refractivity contribution in [2.75, 3.05) is 13.7 Å². The Morgan fingerprint density at radius 3 is 2.79 bits per heavy atom. The van der Waals surface area contributed by atoms with Gasteiger partial charge in [-0.05, 0) is 18.4 Å². The molecule has 1 aromatic rings. The molecule has 0 saturated carbocycles. The molecule has 76 valence electrons. The predicted octanol–water partition coefficient (Wildman–Crippen LogP) is 2.55. The van der Waals surface area contributed by atoms with E-state index in [1.807, 2.05) is 6.07 Å². The highest BCUT2D eigenvalue weighted by molar-refractivity contribution is 5.20. The molecule has 1 heterocycles. The average molecular weight is 192 g/mol. The maximum Gasteiger partial charge on any atom is 0.163 e.